The zero-order valence-electron chi connectivity index (χ0n) is 11.8. The van der Waals surface area contributed by atoms with Gasteiger partial charge >= 0.3 is 0 Å². The highest BCUT2D eigenvalue weighted by Gasteiger charge is 2.37. The number of nitrogens with two attached hydrogens (primary N) is 1. The number of ketones is 1. The Balaban J connectivity index is 1.95. The summed E-state index contributed by atoms with van der Waals surface area (Å²) >= 11 is 0. The minimum atomic E-state index is -0.275. The summed E-state index contributed by atoms with van der Waals surface area (Å²) in [5.74, 6) is 0.649. The third-order valence-corrected chi connectivity index (χ3v) is 4.22. The van der Waals surface area contributed by atoms with Gasteiger partial charge in [0.2, 0.25) is 5.88 Å². The lowest BCUT2D eigenvalue weighted by atomic mass is 9.76. The van der Waals surface area contributed by atoms with Gasteiger partial charge in [-0.1, -0.05) is 37.3 Å². The van der Waals surface area contributed by atoms with Crippen molar-refractivity contribution in [2.45, 2.75) is 25.7 Å². The molecule has 2 atom stereocenters. The molecule has 2 N–H and O–H groups in total. The molecule has 0 unspecified atom stereocenters. The van der Waals surface area contributed by atoms with Gasteiger partial charge in [0, 0.05) is 24.3 Å². The quantitative estimate of drug-likeness (QED) is 0.858. The highest BCUT2D eigenvalue weighted by atomic mass is 16.5. The number of Topliss-reactive ketones (excluding diaryl/α,β-unsaturated/α-hetero) is 1. The van der Waals surface area contributed by atoms with Gasteiger partial charge in [0.25, 0.3) is 0 Å². The fraction of sp³-hybridized carbons (Fsp3) is 0.294. The predicted octanol–water partition coefficient (Wildman–Crippen LogP) is 2.75. The van der Waals surface area contributed by atoms with Crippen LogP contribution in [0.2, 0.25) is 0 Å². The molecule has 0 amide bonds. The summed E-state index contributed by atoms with van der Waals surface area (Å²) in [4.78, 5) is 12.5. The molecule has 0 aromatic heterocycles. The van der Waals surface area contributed by atoms with E-state index in [0.29, 0.717) is 29.7 Å². The van der Waals surface area contributed by atoms with Crippen molar-refractivity contribution in [1.29, 1.82) is 5.26 Å². The van der Waals surface area contributed by atoms with Crippen LogP contribution in [0.15, 0.2) is 53.1 Å². The number of nitrogens with zero attached hydrogens (tertiary/aromatic N) is 1. The maximum absolute atomic E-state index is 12.5. The second-order valence-electron chi connectivity index (χ2n) is 5.49. The lowest BCUT2D eigenvalue weighted by molar-refractivity contribution is -0.117. The SMILES string of the molecule is C[C@H]1C(C#N)=C(N)OC2=C1C(=O)C[C@@H](c1ccccc1)C2. The highest BCUT2D eigenvalue weighted by Crippen LogP contribution is 2.42. The molecule has 0 saturated carbocycles. The molecule has 0 radical (unpaired) electrons. The predicted molar refractivity (Wildman–Crippen MR) is 77.5 cm³/mol. The van der Waals surface area contributed by atoms with E-state index in [-0.39, 0.29) is 23.5 Å². The molecule has 4 heteroatoms. The van der Waals surface area contributed by atoms with Crippen LogP contribution in [0.5, 0.6) is 0 Å². The third-order valence-electron chi connectivity index (χ3n) is 4.22. The summed E-state index contributed by atoms with van der Waals surface area (Å²) in [6, 6.07) is 12.0. The van der Waals surface area contributed by atoms with Crippen LogP contribution in [-0.2, 0) is 9.53 Å². The molecule has 1 aromatic rings. The maximum Gasteiger partial charge on any atom is 0.204 e. The number of carbonyl (C=O) groups excluding carboxylic acids is 1. The molecule has 2 aliphatic rings. The van der Waals surface area contributed by atoms with Crippen LogP contribution in [0.1, 0.15) is 31.2 Å². The number of rotatable bonds is 1. The Morgan fingerprint density at radius 3 is 2.67 bits per heavy atom. The Labute approximate surface area is 123 Å². The number of benzene rings is 1. The minimum absolute atomic E-state index is 0.0536. The van der Waals surface area contributed by atoms with Crippen molar-refractivity contribution >= 4 is 5.78 Å². The average molecular weight is 280 g/mol. The van der Waals surface area contributed by atoms with Crippen molar-refractivity contribution in [2.24, 2.45) is 11.7 Å². The number of allylic oxidation sites excluding steroid dienone is 3. The fourth-order valence-electron chi connectivity index (χ4n) is 3.13. The van der Waals surface area contributed by atoms with E-state index >= 15 is 0 Å². The molecule has 1 heterocycles. The Morgan fingerprint density at radius 1 is 1.29 bits per heavy atom. The standard InChI is InChI=1S/C17H16N2O2/c1-10-13(9-18)17(19)21-15-8-12(7-14(20)16(10)15)11-5-3-2-4-6-11/h2-6,10,12H,7-8,19H2,1H3/t10-,12+/m0/s1. The Hall–Kier alpha value is -2.54. The van der Waals surface area contributed by atoms with Gasteiger partial charge in [0.15, 0.2) is 5.78 Å². The van der Waals surface area contributed by atoms with E-state index in [1.165, 1.54) is 0 Å². The van der Waals surface area contributed by atoms with Gasteiger partial charge in [-0.05, 0) is 11.5 Å². The molecule has 0 fully saturated rings. The van der Waals surface area contributed by atoms with Crippen molar-refractivity contribution in [3.8, 4) is 6.07 Å². The molecule has 0 saturated heterocycles. The fourth-order valence-corrected chi connectivity index (χ4v) is 3.13. The van der Waals surface area contributed by atoms with E-state index in [1.54, 1.807) is 0 Å². The molecular formula is C17H16N2O2. The first-order valence-electron chi connectivity index (χ1n) is 7.00. The van der Waals surface area contributed by atoms with Crippen LogP contribution in [-0.4, -0.2) is 5.78 Å². The zero-order valence-corrected chi connectivity index (χ0v) is 11.8. The molecule has 0 bridgehead atoms. The normalized spacial score (nSPS) is 25.2. The van der Waals surface area contributed by atoms with Crippen molar-refractivity contribution in [2.75, 3.05) is 0 Å². The van der Waals surface area contributed by atoms with Gasteiger partial charge in [-0.2, -0.15) is 5.26 Å². The number of nitriles is 1. The van der Waals surface area contributed by atoms with Gasteiger partial charge in [-0.25, -0.2) is 0 Å². The average Bonchev–Trinajstić information content (AvgIpc) is 2.47. The lowest BCUT2D eigenvalue weighted by Gasteiger charge is -2.32. The van der Waals surface area contributed by atoms with Gasteiger partial charge in [-0.15, -0.1) is 0 Å². The van der Waals surface area contributed by atoms with Crippen molar-refractivity contribution < 1.29 is 9.53 Å². The van der Waals surface area contributed by atoms with E-state index in [2.05, 4.69) is 0 Å². The molecular weight excluding hydrogens is 264 g/mol. The summed E-state index contributed by atoms with van der Waals surface area (Å²) in [7, 11) is 0. The molecule has 21 heavy (non-hydrogen) atoms. The van der Waals surface area contributed by atoms with E-state index in [0.717, 1.165) is 5.56 Å². The van der Waals surface area contributed by atoms with Crippen LogP contribution >= 0.6 is 0 Å². The Bertz CT molecular complexity index is 695. The first-order chi connectivity index (χ1) is 10.1. The molecule has 3 rings (SSSR count). The van der Waals surface area contributed by atoms with E-state index in [9.17, 15) is 4.79 Å². The molecule has 106 valence electrons. The van der Waals surface area contributed by atoms with E-state index in [1.807, 2.05) is 43.3 Å². The van der Waals surface area contributed by atoms with E-state index < -0.39 is 0 Å². The first-order valence-corrected chi connectivity index (χ1v) is 7.00. The van der Waals surface area contributed by atoms with Crippen LogP contribution in [0.25, 0.3) is 0 Å². The van der Waals surface area contributed by atoms with Crippen molar-refractivity contribution in [3.05, 3.63) is 58.7 Å². The van der Waals surface area contributed by atoms with Crippen LogP contribution in [0, 0.1) is 17.2 Å². The number of hydrogen-bond donors (Lipinski definition) is 1. The number of ether oxygens (including phenoxy) is 1. The minimum Gasteiger partial charge on any atom is -0.444 e. The number of carbonyl (C=O) groups is 1. The first kappa shape index (κ1) is 13.4. The Morgan fingerprint density at radius 2 is 2.00 bits per heavy atom. The van der Waals surface area contributed by atoms with Gasteiger partial charge in [0.05, 0.1) is 5.57 Å². The van der Waals surface area contributed by atoms with Gasteiger partial charge < -0.3 is 10.5 Å². The van der Waals surface area contributed by atoms with Crippen molar-refractivity contribution in [1.82, 2.24) is 0 Å². The molecule has 1 aliphatic heterocycles. The maximum atomic E-state index is 12.5. The van der Waals surface area contributed by atoms with E-state index in [4.69, 9.17) is 15.7 Å². The summed E-state index contributed by atoms with van der Waals surface area (Å²) in [5, 5.41) is 9.14. The molecule has 4 nitrogen and oxygen atoms in total. The van der Waals surface area contributed by atoms with Gasteiger partial charge in [-0.3, -0.25) is 4.79 Å². The van der Waals surface area contributed by atoms with Gasteiger partial charge in [0.1, 0.15) is 11.8 Å². The lowest BCUT2D eigenvalue weighted by Crippen LogP contribution is -2.29. The third kappa shape index (κ3) is 2.21. The molecule has 1 aromatic carbocycles. The van der Waals surface area contributed by atoms with Crippen LogP contribution in [0.4, 0.5) is 0 Å². The summed E-state index contributed by atoms with van der Waals surface area (Å²) < 4.78 is 5.58. The second-order valence-corrected chi connectivity index (χ2v) is 5.49. The molecule has 0 spiro atoms. The van der Waals surface area contributed by atoms with Crippen molar-refractivity contribution in [3.63, 3.8) is 0 Å². The number of hydrogen-bond acceptors (Lipinski definition) is 4. The van der Waals surface area contributed by atoms with Crippen LogP contribution in [0.3, 0.4) is 0 Å². The topological polar surface area (TPSA) is 76.1 Å². The zero-order chi connectivity index (χ0) is 15.0. The summed E-state index contributed by atoms with van der Waals surface area (Å²) in [6.07, 6.45) is 1.10. The smallest absolute Gasteiger partial charge is 0.204 e. The largest absolute Gasteiger partial charge is 0.444 e. The Kier molecular flexibility index (Phi) is 3.26. The highest BCUT2D eigenvalue weighted by molar-refractivity contribution is 5.98. The monoisotopic (exact) mass is 280 g/mol. The van der Waals surface area contributed by atoms with Crippen LogP contribution < -0.4 is 5.73 Å². The summed E-state index contributed by atoms with van der Waals surface area (Å²) in [6.45, 7) is 1.84. The summed E-state index contributed by atoms with van der Waals surface area (Å²) in [5.41, 5.74) is 7.90. The second kappa shape index (κ2) is 5.10. The molecule has 1 aliphatic carbocycles.